The van der Waals surface area contributed by atoms with Crippen LogP contribution < -0.4 is 26.4 Å². The van der Waals surface area contributed by atoms with Crippen molar-refractivity contribution in [2.45, 2.75) is 131 Å². The van der Waals surface area contributed by atoms with Crippen molar-refractivity contribution >= 4 is 122 Å². The molecule has 4 nitrogen and oxygen atoms in total. The molecule has 3 aliphatic rings. The van der Waals surface area contributed by atoms with Gasteiger partial charge in [-0.2, -0.15) is 0 Å². The smallest absolute Gasteiger partial charge is 0.297 e. The first kappa shape index (κ1) is 43.8. The Bertz CT molecular complexity index is 3940. The van der Waals surface area contributed by atoms with Crippen LogP contribution >= 0.6 is 11.3 Å². The number of hydrogen-bond acceptors (Lipinski definition) is 4. The van der Waals surface area contributed by atoms with E-state index in [9.17, 15) is 0 Å². The number of aromatic nitrogens is 1. The number of rotatable bonds is 1. The van der Waals surface area contributed by atoms with E-state index >= 15 is 0 Å². The van der Waals surface area contributed by atoms with E-state index < -0.39 is 0 Å². The summed E-state index contributed by atoms with van der Waals surface area (Å²) in [7, 11) is 0. The Hall–Kier alpha value is -6.24. The molecule has 0 radical (unpaired) electrons. The Morgan fingerprint density at radius 1 is 0.429 bits per heavy atom. The summed E-state index contributed by atoms with van der Waals surface area (Å²) in [6, 6.07) is 45.3. The molecule has 0 saturated heterocycles. The molecular weight excluding hydrogens is 870 g/mol. The number of thiophene rings is 1. The SMILES string of the molecule is CC(C)(C)c1cc2c3c(c1)N1c4c(cc(C(C)(C)C)cc4-n4c5ccc(C(C)(C)C)cc5c5cc(C(C)(C)C)cc1c54)B3c1oc3ccc(C(C)(C)C)cc3c1N2c1cccc2sc3ccccc3c12. The molecule has 0 saturated carbocycles. The van der Waals surface area contributed by atoms with Crippen LogP contribution in [0.2, 0.25) is 0 Å². The summed E-state index contributed by atoms with van der Waals surface area (Å²) in [6.45, 7) is 35.2. The van der Waals surface area contributed by atoms with Crippen molar-refractivity contribution < 1.29 is 4.42 Å². The van der Waals surface area contributed by atoms with Crippen LogP contribution in [0.5, 0.6) is 0 Å². The van der Waals surface area contributed by atoms with Crippen molar-refractivity contribution in [2.75, 3.05) is 9.80 Å². The van der Waals surface area contributed by atoms with Crippen LogP contribution in [0.1, 0.15) is 132 Å². The molecular formula is C64H64BN3OS. The Morgan fingerprint density at radius 3 is 1.64 bits per heavy atom. The van der Waals surface area contributed by atoms with Gasteiger partial charge in [0.15, 0.2) is 0 Å². The maximum atomic E-state index is 7.57. The maximum absolute atomic E-state index is 7.57. The van der Waals surface area contributed by atoms with E-state index in [0.717, 1.165) is 22.3 Å². The average molecular weight is 934 g/mol. The highest BCUT2D eigenvalue weighted by Gasteiger charge is 2.50. The second-order valence-electron chi connectivity index (χ2n) is 25.9. The quantitative estimate of drug-likeness (QED) is 0.153. The molecule has 0 fully saturated rings. The highest BCUT2D eigenvalue weighted by molar-refractivity contribution is 7.26. The lowest BCUT2D eigenvalue weighted by atomic mass is 9.35. The zero-order valence-electron chi connectivity index (χ0n) is 43.7. The van der Waals surface area contributed by atoms with E-state index in [-0.39, 0.29) is 33.8 Å². The molecule has 350 valence electrons. The molecule has 10 aromatic rings. The third-order valence-electron chi connectivity index (χ3n) is 16.0. The summed E-state index contributed by atoms with van der Waals surface area (Å²) in [4.78, 5) is 5.34. The number of nitrogens with zero attached hydrogens (tertiary/aromatic N) is 3. The fourth-order valence-corrected chi connectivity index (χ4v) is 13.1. The van der Waals surface area contributed by atoms with Gasteiger partial charge in [-0.15, -0.1) is 11.3 Å². The monoisotopic (exact) mass is 933 g/mol. The predicted octanol–water partition coefficient (Wildman–Crippen LogP) is 16.8. The molecule has 0 unspecified atom stereocenters. The van der Waals surface area contributed by atoms with Crippen LogP contribution in [0.25, 0.3) is 58.6 Å². The van der Waals surface area contributed by atoms with Gasteiger partial charge in [-0.25, -0.2) is 0 Å². The van der Waals surface area contributed by atoms with E-state index in [4.69, 9.17) is 4.42 Å². The van der Waals surface area contributed by atoms with Gasteiger partial charge in [0.05, 0.1) is 45.1 Å². The van der Waals surface area contributed by atoms with Crippen LogP contribution in [0, 0.1) is 0 Å². The third kappa shape index (κ3) is 6.01. The molecule has 0 N–H and O–H groups in total. The Labute approximate surface area is 418 Å². The van der Waals surface area contributed by atoms with Crippen LogP contribution in [0.15, 0.2) is 120 Å². The molecule has 0 aliphatic carbocycles. The highest BCUT2D eigenvalue weighted by atomic mass is 32.1. The first-order valence-electron chi connectivity index (χ1n) is 25.5. The fourth-order valence-electron chi connectivity index (χ4n) is 12.0. The largest absolute Gasteiger partial charge is 0.468 e. The Kier molecular flexibility index (Phi) is 8.62. The molecule has 13 rings (SSSR count). The van der Waals surface area contributed by atoms with Crippen molar-refractivity contribution in [3.05, 3.63) is 143 Å². The predicted molar refractivity (Wildman–Crippen MR) is 305 cm³/mol. The van der Waals surface area contributed by atoms with Gasteiger partial charge in [0.1, 0.15) is 5.58 Å². The number of benzene rings is 7. The van der Waals surface area contributed by atoms with E-state index in [1.807, 2.05) is 11.3 Å². The topological polar surface area (TPSA) is 24.6 Å². The molecule has 6 heterocycles. The molecule has 0 amide bonds. The van der Waals surface area contributed by atoms with Gasteiger partial charge in [0.2, 0.25) is 0 Å². The lowest BCUT2D eigenvalue weighted by Gasteiger charge is -2.46. The molecule has 6 heteroatoms. The van der Waals surface area contributed by atoms with Gasteiger partial charge in [-0.05, 0) is 139 Å². The molecule has 0 bridgehead atoms. The number of furan rings is 1. The highest BCUT2D eigenvalue weighted by Crippen LogP contribution is 2.56. The summed E-state index contributed by atoms with van der Waals surface area (Å²) in [6.07, 6.45) is 0. The van der Waals surface area contributed by atoms with Crippen molar-refractivity contribution in [1.29, 1.82) is 0 Å². The van der Waals surface area contributed by atoms with Crippen molar-refractivity contribution in [1.82, 2.24) is 4.57 Å². The Balaban J connectivity index is 1.25. The lowest BCUT2D eigenvalue weighted by Crippen LogP contribution is -2.61. The number of fused-ring (bicyclic) bond motifs is 14. The molecule has 3 aliphatic heterocycles. The minimum atomic E-state index is -0.182. The summed E-state index contributed by atoms with van der Waals surface area (Å²) in [5.41, 5.74) is 21.7. The Morgan fingerprint density at radius 2 is 0.971 bits per heavy atom. The van der Waals surface area contributed by atoms with Crippen LogP contribution in [0.3, 0.4) is 0 Å². The number of hydrogen-bond donors (Lipinski definition) is 0. The van der Waals surface area contributed by atoms with E-state index in [1.165, 1.54) is 115 Å². The second kappa shape index (κ2) is 13.8. The standard InChI is InChI=1S/C64H64BN3OS/c1-60(2,3)35-23-25-45-41(27-35)42-29-37(62(7,8)9)33-49-56(42)66(45)50-34-38(63(10,11)12)30-44-58(50)68(49)48-32-39(64(13,14)15)31-47-55(48)65(44)59-57(43-28-36(61(4,5)6)24-26-51(43)69-59)67(47)46-20-18-22-53-54(46)40-19-16-17-21-52(40)70-53/h16-34H,1-15H3. The lowest BCUT2D eigenvalue weighted by molar-refractivity contribution is 0.589. The maximum Gasteiger partial charge on any atom is 0.297 e. The molecule has 3 aromatic heterocycles. The number of anilines is 6. The molecule has 0 atom stereocenters. The summed E-state index contributed by atoms with van der Waals surface area (Å²) < 4.78 is 12.8. The first-order chi connectivity index (χ1) is 32.9. The van der Waals surface area contributed by atoms with Gasteiger partial charge in [0.25, 0.3) is 6.71 Å². The average Bonchev–Trinajstić information content (AvgIpc) is 3.96. The summed E-state index contributed by atoms with van der Waals surface area (Å²) in [5.74, 6) is 0. The first-order valence-corrected chi connectivity index (χ1v) is 26.3. The van der Waals surface area contributed by atoms with Crippen molar-refractivity contribution in [3.63, 3.8) is 0 Å². The normalized spacial score (nSPS) is 14.7. The van der Waals surface area contributed by atoms with Crippen LogP contribution in [-0.4, -0.2) is 11.3 Å². The third-order valence-corrected chi connectivity index (χ3v) is 17.1. The van der Waals surface area contributed by atoms with Gasteiger partial charge >= 0.3 is 0 Å². The minimum absolute atomic E-state index is 0.00267. The van der Waals surface area contributed by atoms with Crippen LogP contribution in [-0.2, 0) is 27.1 Å². The molecule has 0 spiro atoms. The zero-order chi connectivity index (χ0) is 49.1. The summed E-state index contributed by atoms with van der Waals surface area (Å²) >= 11 is 1.89. The van der Waals surface area contributed by atoms with Gasteiger partial charge in [0, 0.05) is 47.7 Å². The van der Waals surface area contributed by atoms with Gasteiger partial charge in [-0.1, -0.05) is 146 Å². The zero-order valence-corrected chi connectivity index (χ0v) is 44.5. The van der Waals surface area contributed by atoms with Crippen LogP contribution in [0.4, 0.5) is 34.1 Å². The van der Waals surface area contributed by atoms with E-state index in [2.05, 4.69) is 233 Å². The fraction of sp³-hybridized carbons (Fsp3) is 0.312. The van der Waals surface area contributed by atoms with Gasteiger partial charge in [-0.3, -0.25) is 0 Å². The molecule has 7 aromatic carbocycles. The van der Waals surface area contributed by atoms with E-state index in [0.29, 0.717) is 0 Å². The second-order valence-corrected chi connectivity index (χ2v) is 27.0. The summed E-state index contributed by atoms with van der Waals surface area (Å²) in [5, 5.41) is 6.35. The minimum Gasteiger partial charge on any atom is -0.468 e. The molecule has 70 heavy (non-hydrogen) atoms. The van der Waals surface area contributed by atoms with Gasteiger partial charge < -0.3 is 18.8 Å². The van der Waals surface area contributed by atoms with Crippen molar-refractivity contribution in [2.24, 2.45) is 0 Å². The van der Waals surface area contributed by atoms with E-state index in [1.54, 1.807) is 0 Å². The van der Waals surface area contributed by atoms with Crippen molar-refractivity contribution in [3.8, 4) is 5.69 Å².